The molecule has 2 aromatic carbocycles. The maximum absolute atomic E-state index is 12.0. The highest BCUT2D eigenvalue weighted by molar-refractivity contribution is 5.92. The van der Waals surface area contributed by atoms with Gasteiger partial charge in [0, 0.05) is 5.69 Å². The Morgan fingerprint density at radius 3 is 2.48 bits per heavy atom. The van der Waals surface area contributed by atoms with E-state index in [4.69, 9.17) is 4.74 Å². The molecule has 3 nitrogen and oxygen atoms in total. The average Bonchev–Trinajstić information content (AvgIpc) is 2.45. The van der Waals surface area contributed by atoms with Gasteiger partial charge in [-0.15, -0.1) is 0 Å². The van der Waals surface area contributed by atoms with Crippen LogP contribution in [0.15, 0.2) is 36.4 Å². The highest BCUT2D eigenvalue weighted by Crippen LogP contribution is 2.19. The Labute approximate surface area is 126 Å². The molecule has 1 N–H and O–H groups in total. The van der Waals surface area contributed by atoms with Crippen molar-refractivity contribution in [1.82, 2.24) is 0 Å². The van der Waals surface area contributed by atoms with Crippen molar-refractivity contribution in [2.45, 2.75) is 27.7 Å². The van der Waals surface area contributed by atoms with Crippen molar-refractivity contribution in [2.75, 3.05) is 11.9 Å². The number of anilines is 1. The Hall–Kier alpha value is -2.29. The molecule has 2 rings (SSSR count). The maximum atomic E-state index is 12.0. The van der Waals surface area contributed by atoms with Crippen LogP contribution in [0, 0.1) is 27.7 Å². The zero-order valence-corrected chi connectivity index (χ0v) is 13.0. The van der Waals surface area contributed by atoms with Gasteiger partial charge >= 0.3 is 0 Å². The molecule has 2 aromatic rings. The molecule has 0 aromatic heterocycles. The molecule has 0 saturated carbocycles. The van der Waals surface area contributed by atoms with E-state index < -0.39 is 0 Å². The first kappa shape index (κ1) is 15.1. The van der Waals surface area contributed by atoms with Crippen LogP contribution in [-0.2, 0) is 4.79 Å². The van der Waals surface area contributed by atoms with Crippen LogP contribution in [0.4, 0.5) is 5.69 Å². The van der Waals surface area contributed by atoms with Crippen LogP contribution >= 0.6 is 0 Å². The quantitative estimate of drug-likeness (QED) is 0.923. The van der Waals surface area contributed by atoms with Crippen LogP contribution in [-0.4, -0.2) is 12.5 Å². The third-order valence-electron chi connectivity index (χ3n) is 3.73. The molecule has 0 unspecified atom stereocenters. The van der Waals surface area contributed by atoms with Crippen LogP contribution in [0.3, 0.4) is 0 Å². The Kier molecular flexibility index (Phi) is 4.63. The minimum atomic E-state index is -0.151. The summed E-state index contributed by atoms with van der Waals surface area (Å²) >= 11 is 0. The van der Waals surface area contributed by atoms with Gasteiger partial charge in [-0.2, -0.15) is 0 Å². The van der Waals surface area contributed by atoms with E-state index in [0.717, 1.165) is 22.4 Å². The Morgan fingerprint density at radius 2 is 1.76 bits per heavy atom. The van der Waals surface area contributed by atoms with Crippen molar-refractivity contribution in [1.29, 1.82) is 0 Å². The highest BCUT2D eigenvalue weighted by atomic mass is 16.5. The molecule has 0 aliphatic heterocycles. The minimum absolute atomic E-state index is 0.00980. The van der Waals surface area contributed by atoms with E-state index in [9.17, 15) is 4.79 Å². The molecule has 0 aliphatic rings. The lowest BCUT2D eigenvalue weighted by molar-refractivity contribution is -0.118. The summed E-state index contributed by atoms with van der Waals surface area (Å²) in [6, 6.07) is 11.7. The Balaban J connectivity index is 1.96. The average molecular weight is 283 g/mol. The molecule has 21 heavy (non-hydrogen) atoms. The zero-order chi connectivity index (χ0) is 15.4. The number of benzene rings is 2. The van der Waals surface area contributed by atoms with Crippen molar-refractivity contribution < 1.29 is 9.53 Å². The number of ether oxygens (including phenoxy) is 1. The second-order valence-electron chi connectivity index (χ2n) is 5.33. The topological polar surface area (TPSA) is 38.3 Å². The molecule has 0 fully saturated rings. The number of amides is 1. The van der Waals surface area contributed by atoms with E-state index in [2.05, 4.69) is 5.32 Å². The summed E-state index contributed by atoms with van der Waals surface area (Å²) in [6.07, 6.45) is 0. The standard InChI is InChI=1S/C18H21NO2/c1-12-8-9-16(10-14(12)3)21-11-18(20)19-17-7-5-6-13(2)15(17)4/h5-10H,11H2,1-4H3,(H,19,20). The van der Waals surface area contributed by atoms with E-state index >= 15 is 0 Å². The zero-order valence-electron chi connectivity index (χ0n) is 13.0. The number of aryl methyl sites for hydroxylation is 3. The number of carbonyl (C=O) groups excluding carboxylic acids is 1. The highest BCUT2D eigenvalue weighted by Gasteiger charge is 2.07. The summed E-state index contributed by atoms with van der Waals surface area (Å²) in [5.41, 5.74) is 5.44. The molecule has 0 saturated heterocycles. The van der Waals surface area contributed by atoms with E-state index in [0.29, 0.717) is 5.75 Å². The predicted octanol–water partition coefficient (Wildman–Crippen LogP) is 3.94. The fraction of sp³-hybridized carbons (Fsp3) is 0.278. The summed E-state index contributed by atoms with van der Waals surface area (Å²) in [7, 11) is 0. The smallest absolute Gasteiger partial charge is 0.262 e. The second kappa shape index (κ2) is 6.44. The normalized spacial score (nSPS) is 10.3. The molecule has 3 heteroatoms. The molecular weight excluding hydrogens is 262 g/mol. The number of nitrogens with one attached hydrogen (secondary N) is 1. The van der Waals surface area contributed by atoms with E-state index in [1.165, 1.54) is 5.56 Å². The van der Waals surface area contributed by atoms with Crippen LogP contribution in [0.5, 0.6) is 5.75 Å². The van der Waals surface area contributed by atoms with Gasteiger partial charge in [0.1, 0.15) is 5.75 Å². The Bertz CT molecular complexity index is 662. The van der Waals surface area contributed by atoms with Gasteiger partial charge in [-0.25, -0.2) is 0 Å². The van der Waals surface area contributed by atoms with Crippen molar-refractivity contribution in [2.24, 2.45) is 0 Å². The van der Waals surface area contributed by atoms with Crippen molar-refractivity contribution in [3.63, 3.8) is 0 Å². The summed E-state index contributed by atoms with van der Waals surface area (Å²) in [5.74, 6) is 0.566. The molecule has 0 radical (unpaired) electrons. The van der Waals surface area contributed by atoms with Crippen molar-refractivity contribution in [3.8, 4) is 5.75 Å². The molecule has 110 valence electrons. The van der Waals surface area contributed by atoms with Gasteiger partial charge < -0.3 is 10.1 Å². The van der Waals surface area contributed by atoms with Crippen LogP contribution in [0.2, 0.25) is 0 Å². The number of hydrogen-bond donors (Lipinski definition) is 1. The van der Waals surface area contributed by atoms with Crippen LogP contribution in [0.1, 0.15) is 22.3 Å². The predicted molar refractivity (Wildman–Crippen MR) is 86.0 cm³/mol. The lowest BCUT2D eigenvalue weighted by Crippen LogP contribution is -2.20. The van der Waals surface area contributed by atoms with Gasteiger partial charge in [-0.3, -0.25) is 4.79 Å². The van der Waals surface area contributed by atoms with Gasteiger partial charge in [-0.1, -0.05) is 18.2 Å². The van der Waals surface area contributed by atoms with Gasteiger partial charge in [0.15, 0.2) is 6.61 Å². The second-order valence-corrected chi connectivity index (χ2v) is 5.33. The lowest BCUT2D eigenvalue weighted by atomic mass is 10.1. The van der Waals surface area contributed by atoms with Crippen LogP contribution < -0.4 is 10.1 Å². The van der Waals surface area contributed by atoms with Crippen molar-refractivity contribution in [3.05, 3.63) is 58.7 Å². The fourth-order valence-electron chi connectivity index (χ4n) is 2.03. The van der Waals surface area contributed by atoms with E-state index in [1.807, 2.05) is 64.1 Å². The SMILES string of the molecule is Cc1ccc(OCC(=O)Nc2cccc(C)c2C)cc1C. The van der Waals surface area contributed by atoms with E-state index in [1.54, 1.807) is 0 Å². The largest absolute Gasteiger partial charge is 0.484 e. The number of carbonyl (C=O) groups is 1. The van der Waals surface area contributed by atoms with Gasteiger partial charge in [0.2, 0.25) is 0 Å². The fourth-order valence-corrected chi connectivity index (χ4v) is 2.03. The summed E-state index contributed by atoms with van der Waals surface area (Å²) in [5, 5.41) is 2.88. The van der Waals surface area contributed by atoms with Gasteiger partial charge in [0.25, 0.3) is 5.91 Å². The molecule has 0 heterocycles. The minimum Gasteiger partial charge on any atom is -0.484 e. The summed E-state index contributed by atoms with van der Waals surface area (Å²) in [6.45, 7) is 8.10. The van der Waals surface area contributed by atoms with E-state index in [-0.39, 0.29) is 12.5 Å². The molecular formula is C18H21NO2. The monoisotopic (exact) mass is 283 g/mol. The Morgan fingerprint density at radius 1 is 1.00 bits per heavy atom. The molecule has 0 spiro atoms. The van der Waals surface area contributed by atoms with Gasteiger partial charge in [-0.05, 0) is 68.1 Å². The third-order valence-corrected chi connectivity index (χ3v) is 3.73. The number of rotatable bonds is 4. The maximum Gasteiger partial charge on any atom is 0.262 e. The third kappa shape index (κ3) is 3.85. The van der Waals surface area contributed by atoms with Crippen molar-refractivity contribution >= 4 is 11.6 Å². The summed E-state index contributed by atoms with van der Waals surface area (Å²) < 4.78 is 5.53. The molecule has 0 atom stereocenters. The van der Waals surface area contributed by atoms with Gasteiger partial charge in [0.05, 0.1) is 0 Å². The molecule has 0 bridgehead atoms. The molecule has 0 aliphatic carbocycles. The van der Waals surface area contributed by atoms with Crippen LogP contribution in [0.25, 0.3) is 0 Å². The summed E-state index contributed by atoms with van der Waals surface area (Å²) in [4.78, 5) is 12.0. The number of hydrogen-bond acceptors (Lipinski definition) is 2. The first-order valence-corrected chi connectivity index (χ1v) is 7.03. The first-order chi connectivity index (χ1) is 9.97. The molecule has 1 amide bonds. The lowest BCUT2D eigenvalue weighted by Gasteiger charge is -2.11. The first-order valence-electron chi connectivity index (χ1n) is 7.03.